The number of fused-ring (bicyclic) bond motifs is 1. The lowest BCUT2D eigenvalue weighted by Gasteiger charge is -2.20. The number of carbonyl (C=O) groups is 2. The first-order chi connectivity index (χ1) is 12.6. The van der Waals surface area contributed by atoms with Gasteiger partial charge in [0.1, 0.15) is 6.29 Å². The van der Waals surface area contributed by atoms with Gasteiger partial charge in [0.05, 0.1) is 5.92 Å². The lowest BCUT2D eigenvalue weighted by molar-refractivity contribution is -0.141. The van der Waals surface area contributed by atoms with Gasteiger partial charge in [-0.25, -0.2) is 0 Å². The largest absolute Gasteiger partial charge is 0.481 e. The van der Waals surface area contributed by atoms with Gasteiger partial charge in [0.25, 0.3) is 0 Å². The molecule has 26 heavy (non-hydrogen) atoms. The van der Waals surface area contributed by atoms with Gasteiger partial charge in [-0.3, -0.25) is 4.79 Å². The monoisotopic (exact) mass is 360 g/mol. The van der Waals surface area contributed by atoms with E-state index in [-0.39, 0.29) is 12.7 Å². The summed E-state index contributed by atoms with van der Waals surface area (Å²) >= 11 is 0. The van der Waals surface area contributed by atoms with Crippen LogP contribution in [0.4, 0.5) is 0 Å². The molecule has 2 atom stereocenters. The van der Waals surface area contributed by atoms with Crippen molar-refractivity contribution in [3.63, 3.8) is 0 Å². The number of ether oxygens (including phenoxy) is 2. The number of hydrogen-bond acceptors (Lipinski definition) is 7. The van der Waals surface area contributed by atoms with E-state index in [0.717, 1.165) is 11.8 Å². The average Bonchev–Trinajstić information content (AvgIpc) is 3.27. The summed E-state index contributed by atoms with van der Waals surface area (Å²) in [7, 11) is 0. The molecule has 0 spiro atoms. The molecule has 0 aliphatic carbocycles. The van der Waals surface area contributed by atoms with Crippen molar-refractivity contribution >= 4 is 12.3 Å². The van der Waals surface area contributed by atoms with Crippen LogP contribution in [0, 0.1) is 5.92 Å². The first-order valence-corrected chi connectivity index (χ1v) is 8.46. The third-order valence-electron chi connectivity index (χ3n) is 4.44. The molecule has 1 aliphatic rings. The van der Waals surface area contributed by atoms with Crippen molar-refractivity contribution in [2.45, 2.75) is 38.5 Å². The van der Waals surface area contributed by atoms with Crippen molar-refractivity contribution in [2.75, 3.05) is 6.79 Å². The molecular weight excluding hydrogens is 340 g/mol. The summed E-state index contributed by atoms with van der Waals surface area (Å²) in [6.07, 6.45) is 2.80. The average molecular weight is 360 g/mol. The molecule has 8 heteroatoms. The van der Waals surface area contributed by atoms with Gasteiger partial charge in [-0.2, -0.15) is 4.98 Å². The molecule has 1 aliphatic heterocycles. The highest BCUT2D eigenvalue weighted by Crippen LogP contribution is 2.37. The standard InChI is InChI=1S/C18H20N2O6/c1-11(18(22)23)13(12-5-6-14-15(8-12)25-10-24-14)9-17-19-16(20-26-17)4-2-3-7-21/h5-8,11,13H,2-4,9-10H2,1H3,(H,22,23). The number of aromatic nitrogens is 2. The van der Waals surface area contributed by atoms with Gasteiger partial charge >= 0.3 is 5.97 Å². The quantitative estimate of drug-likeness (QED) is 0.536. The van der Waals surface area contributed by atoms with Crippen molar-refractivity contribution in [3.8, 4) is 11.5 Å². The second kappa shape index (κ2) is 7.99. The number of rotatable bonds is 9. The Morgan fingerprint density at radius 2 is 2.15 bits per heavy atom. The second-order valence-electron chi connectivity index (χ2n) is 6.21. The molecular formula is C18H20N2O6. The number of unbranched alkanes of at least 4 members (excludes halogenated alkanes) is 1. The molecule has 0 radical (unpaired) electrons. The smallest absolute Gasteiger partial charge is 0.306 e. The van der Waals surface area contributed by atoms with E-state index < -0.39 is 11.9 Å². The normalized spacial score (nSPS) is 14.8. The Morgan fingerprint density at radius 1 is 1.35 bits per heavy atom. The molecule has 1 aromatic heterocycles. The molecule has 2 aromatic rings. The summed E-state index contributed by atoms with van der Waals surface area (Å²) < 4.78 is 16.0. The van der Waals surface area contributed by atoms with Crippen LogP contribution >= 0.6 is 0 Å². The first kappa shape index (κ1) is 17.9. The number of aryl methyl sites for hydroxylation is 1. The van der Waals surface area contributed by atoms with Crippen LogP contribution in [0.2, 0.25) is 0 Å². The Labute approximate surface area is 150 Å². The van der Waals surface area contributed by atoms with E-state index in [0.29, 0.717) is 48.9 Å². The number of nitrogens with zero attached hydrogens (tertiary/aromatic N) is 2. The van der Waals surface area contributed by atoms with Crippen LogP contribution in [-0.4, -0.2) is 34.3 Å². The molecule has 0 saturated heterocycles. The van der Waals surface area contributed by atoms with Crippen molar-refractivity contribution in [2.24, 2.45) is 5.92 Å². The molecule has 1 aromatic carbocycles. The Morgan fingerprint density at radius 3 is 2.92 bits per heavy atom. The van der Waals surface area contributed by atoms with Crippen molar-refractivity contribution < 1.29 is 28.7 Å². The highest BCUT2D eigenvalue weighted by atomic mass is 16.7. The molecule has 0 fully saturated rings. The number of carbonyl (C=O) groups excluding carboxylic acids is 1. The number of carboxylic acid groups (broad SMARTS) is 1. The number of carboxylic acids is 1. The molecule has 0 saturated carbocycles. The fourth-order valence-corrected chi connectivity index (χ4v) is 2.91. The summed E-state index contributed by atoms with van der Waals surface area (Å²) in [5.74, 6) is 0.233. The molecule has 0 bridgehead atoms. The van der Waals surface area contributed by atoms with Gasteiger partial charge in [-0.05, 0) is 24.1 Å². The van der Waals surface area contributed by atoms with Gasteiger partial charge in [0.2, 0.25) is 12.7 Å². The fourth-order valence-electron chi connectivity index (χ4n) is 2.91. The maximum Gasteiger partial charge on any atom is 0.306 e. The molecule has 0 amide bonds. The highest BCUT2D eigenvalue weighted by molar-refractivity contribution is 5.71. The minimum absolute atomic E-state index is 0.158. The van der Waals surface area contributed by atoms with Crippen molar-refractivity contribution in [1.29, 1.82) is 0 Å². The molecule has 2 unspecified atom stereocenters. The molecule has 2 heterocycles. The Bertz CT molecular complexity index is 788. The summed E-state index contributed by atoms with van der Waals surface area (Å²) in [5, 5.41) is 13.4. The van der Waals surface area contributed by atoms with Crippen LogP contribution < -0.4 is 9.47 Å². The van der Waals surface area contributed by atoms with Crippen LogP contribution in [0.1, 0.15) is 43.0 Å². The third kappa shape index (κ3) is 4.01. The number of aliphatic carboxylic acids is 1. The zero-order chi connectivity index (χ0) is 18.5. The molecule has 1 N–H and O–H groups in total. The lowest BCUT2D eigenvalue weighted by Crippen LogP contribution is -2.21. The van der Waals surface area contributed by atoms with Gasteiger partial charge < -0.3 is 23.9 Å². The van der Waals surface area contributed by atoms with Crippen LogP contribution in [0.25, 0.3) is 0 Å². The predicted molar refractivity (Wildman–Crippen MR) is 89.1 cm³/mol. The predicted octanol–water partition coefficient (Wildman–Crippen LogP) is 2.37. The Hall–Kier alpha value is -2.90. The van der Waals surface area contributed by atoms with E-state index in [9.17, 15) is 14.7 Å². The topological polar surface area (TPSA) is 112 Å². The highest BCUT2D eigenvalue weighted by Gasteiger charge is 2.29. The van der Waals surface area contributed by atoms with Gasteiger partial charge in [-0.1, -0.05) is 18.1 Å². The number of benzene rings is 1. The molecule has 138 valence electrons. The molecule has 8 nitrogen and oxygen atoms in total. The third-order valence-corrected chi connectivity index (χ3v) is 4.44. The van der Waals surface area contributed by atoms with E-state index >= 15 is 0 Å². The van der Waals surface area contributed by atoms with Gasteiger partial charge in [0.15, 0.2) is 17.3 Å². The Balaban J connectivity index is 1.79. The van der Waals surface area contributed by atoms with E-state index in [1.54, 1.807) is 19.1 Å². The van der Waals surface area contributed by atoms with E-state index in [1.165, 1.54) is 0 Å². The van der Waals surface area contributed by atoms with Gasteiger partial charge in [0, 0.05) is 25.2 Å². The summed E-state index contributed by atoms with van der Waals surface area (Å²) in [6, 6.07) is 5.41. The fraction of sp³-hybridized carbons (Fsp3) is 0.444. The van der Waals surface area contributed by atoms with Crippen molar-refractivity contribution in [1.82, 2.24) is 10.1 Å². The van der Waals surface area contributed by atoms with E-state index in [4.69, 9.17) is 14.0 Å². The number of hydrogen-bond donors (Lipinski definition) is 1. The zero-order valence-corrected chi connectivity index (χ0v) is 14.4. The second-order valence-corrected chi connectivity index (χ2v) is 6.21. The van der Waals surface area contributed by atoms with E-state index in [1.807, 2.05) is 6.07 Å². The maximum absolute atomic E-state index is 11.6. The molecule has 3 rings (SSSR count). The maximum atomic E-state index is 11.6. The summed E-state index contributed by atoms with van der Waals surface area (Å²) in [5.41, 5.74) is 0.810. The minimum Gasteiger partial charge on any atom is -0.481 e. The Kier molecular flexibility index (Phi) is 5.50. The zero-order valence-electron chi connectivity index (χ0n) is 14.4. The summed E-state index contributed by atoms with van der Waals surface area (Å²) in [6.45, 7) is 1.81. The minimum atomic E-state index is -0.904. The van der Waals surface area contributed by atoms with Gasteiger partial charge in [-0.15, -0.1) is 0 Å². The van der Waals surface area contributed by atoms with Crippen LogP contribution in [0.5, 0.6) is 11.5 Å². The summed E-state index contributed by atoms with van der Waals surface area (Å²) in [4.78, 5) is 26.3. The lowest BCUT2D eigenvalue weighted by atomic mass is 9.84. The SMILES string of the molecule is CC(C(=O)O)C(Cc1nc(CCCC=O)no1)c1ccc2c(c1)OCO2. The first-order valence-electron chi connectivity index (χ1n) is 8.46. The van der Waals surface area contributed by atoms with Crippen LogP contribution in [0.15, 0.2) is 22.7 Å². The van der Waals surface area contributed by atoms with Crippen molar-refractivity contribution in [3.05, 3.63) is 35.5 Å². The van der Waals surface area contributed by atoms with E-state index in [2.05, 4.69) is 10.1 Å². The van der Waals surface area contributed by atoms with Crippen LogP contribution in [0.3, 0.4) is 0 Å². The number of aldehydes is 1. The van der Waals surface area contributed by atoms with Crippen LogP contribution in [-0.2, 0) is 22.4 Å².